The van der Waals surface area contributed by atoms with E-state index in [0.717, 1.165) is 18.7 Å². The lowest BCUT2D eigenvalue weighted by molar-refractivity contribution is -0.0245. The zero-order valence-corrected chi connectivity index (χ0v) is 11.4. The second-order valence-electron chi connectivity index (χ2n) is 5.34. The molecule has 2 aliphatic heterocycles. The van der Waals surface area contributed by atoms with Crippen molar-refractivity contribution in [1.82, 2.24) is 5.32 Å². The SMILES string of the molecule is C[C@@H]1CN(c2cccc(C3OC=CO3)c2)C[C@H](C)N1. The number of hydrogen-bond acceptors (Lipinski definition) is 4. The van der Waals surface area contributed by atoms with Gasteiger partial charge in [0.25, 0.3) is 6.29 Å². The molecule has 0 radical (unpaired) electrons. The van der Waals surface area contributed by atoms with Crippen LogP contribution in [0.5, 0.6) is 0 Å². The van der Waals surface area contributed by atoms with Crippen molar-refractivity contribution in [2.45, 2.75) is 32.2 Å². The Morgan fingerprint density at radius 1 is 1.11 bits per heavy atom. The molecule has 1 saturated heterocycles. The molecule has 4 heteroatoms. The molecule has 1 aromatic carbocycles. The summed E-state index contributed by atoms with van der Waals surface area (Å²) in [6.07, 6.45) is 2.89. The van der Waals surface area contributed by atoms with Crippen molar-refractivity contribution < 1.29 is 9.47 Å². The molecule has 0 aromatic heterocycles. The molecule has 1 aromatic rings. The first-order valence-electron chi connectivity index (χ1n) is 6.79. The van der Waals surface area contributed by atoms with Crippen molar-refractivity contribution in [2.75, 3.05) is 18.0 Å². The van der Waals surface area contributed by atoms with E-state index in [1.165, 1.54) is 5.69 Å². The quantitative estimate of drug-likeness (QED) is 0.885. The Morgan fingerprint density at radius 2 is 1.79 bits per heavy atom. The highest BCUT2D eigenvalue weighted by molar-refractivity contribution is 5.50. The number of hydrogen-bond donors (Lipinski definition) is 1. The van der Waals surface area contributed by atoms with Crippen LogP contribution in [0.1, 0.15) is 25.7 Å². The molecule has 2 atom stereocenters. The van der Waals surface area contributed by atoms with Gasteiger partial charge in [0, 0.05) is 36.4 Å². The number of anilines is 1. The maximum atomic E-state index is 5.39. The number of rotatable bonds is 2. The highest BCUT2D eigenvalue weighted by atomic mass is 16.7. The van der Waals surface area contributed by atoms with Gasteiger partial charge in [0.05, 0.1) is 0 Å². The second-order valence-corrected chi connectivity index (χ2v) is 5.34. The van der Waals surface area contributed by atoms with E-state index in [1.54, 1.807) is 12.5 Å². The van der Waals surface area contributed by atoms with E-state index in [0.29, 0.717) is 12.1 Å². The lowest BCUT2D eigenvalue weighted by Gasteiger charge is -2.37. The van der Waals surface area contributed by atoms with Crippen molar-refractivity contribution in [3.8, 4) is 0 Å². The molecule has 2 heterocycles. The maximum absolute atomic E-state index is 5.39. The average Bonchev–Trinajstić information content (AvgIpc) is 2.92. The topological polar surface area (TPSA) is 33.7 Å². The summed E-state index contributed by atoms with van der Waals surface area (Å²) < 4.78 is 10.8. The summed E-state index contributed by atoms with van der Waals surface area (Å²) in [5, 5.41) is 3.55. The van der Waals surface area contributed by atoms with Crippen LogP contribution in [0.15, 0.2) is 36.8 Å². The Hall–Kier alpha value is -1.68. The van der Waals surface area contributed by atoms with Gasteiger partial charge >= 0.3 is 0 Å². The highest BCUT2D eigenvalue weighted by Crippen LogP contribution is 2.28. The number of benzene rings is 1. The Bertz CT molecular complexity index is 457. The van der Waals surface area contributed by atoms with Crippen LogP contribution >= 0.6 is 0 Å². The second kappa shape index (κ2) is 5.13. The van der Waals surface area contributed by atoms with E-state index in [1.807, 2.05) is 6.07 Å². The summed E-state index contributed by atoms with van der Waals surface area (Å²) in [6, 6.07) is 9.42. The van der Waals surface area contributed by atoms with E-state index in [-0.39, 0.29) is 6.29 Å². The summed E-state index contributed by atoms with van der Waals surface area (Å²) in [4.78, 5) is 2.41. The Balaban J connectivity index is 1.78. The van der Waals surface area contributed by atoms with E-state index in [9.17, 15) is 0 Å². The van der Waals surface area contributed by atoms with Crippen LogP contribution in [0.2, 0.25) is 0 Å². The van der Waals surface area contributed by atoms with Gasteiger partial charge < -0.3 is 19.7 Å². The third-order valence-electron chi connectivity index (χ3n) is 3.52. The number of nitrogens with zero attached hydrogens (tertiary/aromatic N) is 1. The number of piperazine rings is 1. The minimum Gasteiger partial charge on any atom is -0.455 e. The normalized spacial score (nSPS) is 27.2. The van der Waals surface area contributed by atoms with Gasteiger partial charge in [-0.25, -0.2) is 0 Å². The average molecular weight is 260 g/mol. The maximum Gasteiger partial charge on any atom is 0.266 e. The molecule has 102 valence electrons. The fraction of sp³-hybridized carbons (Fsp3) is 0.467. The highest BCUT2D eigenvalue weighted by Gasteiger charge is 2.22. The van der Waals surface area contributed by atoms with Crippen LogP contribution in [-0.4, -0.2) is 25.2 Å². The standard InChI is InChI=1S/C15H20N2O2/c1-11-9-17(10-12(2)16-11)14-5-3-4-13(8-14)15-18-6-7-19-15/h3-8,11-12,15-16H,9-10H2,1-2H3/t11-,12+. The summed E-state index contributed by atoms with van der Waals surface area (Å²) in [7, 11) is 0. The van der Waals surface area contributed by atoms with Crippen molar-refractivity contribution in [1.29, 1.82) is 0 Å². The first kappa shape index (κ1) is 12.4. The van der Waals surface area contributed by atoms with Crippen molar-refractivity contribution >= 4 is 5.69 Å². The minimum atomic E-state index is -0.294. The predicted molar refractivity (Wildman–Crippen MR) is 74.8 cm³/mol. The molecule has 2 aliphatic rings. The van der Waals surface area contributed by atoms with Crippen molar-refractivity contribution in [2.24, 2.45) is 0 Å². The zero-order chi connectivity index (χ0) is 13.2. The monoisotopic (exact) mass is 260 g/mol. The summed E-state index contributed by atoms with van der Waals surface area (Å²) in [5.41, 5.74) is 2.29. The van der Waals surface area contributed by atoms with Crippen molar-refractivity contribution in [3.05, 3.63) is 42.4 Å². The molecule has 0 saturated carbocycles. The Labute approximate surface area is 114 Å². The summed E-state index contributed by atoms with van der Waals surface area (Å²) >= 11 is 0. The molecule has 0 bridgehead atoms. The molecule has 3 rings (SSSR count). The fourth-order valence-electron chi connectivity index (χ4n) is 2.80. The van der Waals surface area contributed by atoms with Crippen molar-refractivity contribution in [3.63, 3.8) is 0 Å². The number of ether oxygens (including phenoxy) is 2. The van der Waals surface area contributed by atoms with Crippen LogP contribution in [0.4, 0.5) is 5.69 Å². The van der Waals surface area contributed by atoms with Crippen LogP contribution in [-0.2, 0) is 9.47 Å². The van der Waals surface area contributed by atoms with Gasteiger partial charge in [-0.05, 0) is 26.0 Å². The first-order valence-corrected chi connectivity index (χ1v) is 6.79. The van der Waals surface area contributed by atoms with Gasteiger partial charge in [-0.15, -0.1) is 0 Å². The molecular formula is C15H20N2O2. The Morgan fingerprint density at radius 3 is 2.47 bits per heavy atom. The zero-order valence-electron chi connectivity index (χ0n) is 11.4. The smallest absolute Gasteiger partial charge is 0.266 e. The van der Waals surface area contributed by atoms with Crippen LogP contribution < -0.4 is 10.2 Å². The minimum absolute atomic E-state index is 0.294. The molecule has 0 unspecified atom stereocenters. The van der Waals surface area contributed by atoms with E-state index < -0.39 is 0 Å². The van der Waals surface area contributed by atoms with Gasteiger partial charge in [-0.2, -0.15) is 0 Å². The predicted octanol–water partition coefficient (Wildman–Crippen LogP) is 2.39. The lowest BCUT2D eigenvalue weighted by atomic mass is 10.1. The van der Waals surface area contributed by atoms with Gasteiger partial charge in [0.2, 0.25) is 0 Å². The molecule has 0 aliphatic carbocycles. The molecule has 4 nitrogen and oxygen atoms in total. The molecule has 1 N–H and O–H groups in total. The van der Waals surface area contributed by atoms with Crippen LogP contribution in [0.3, 0.4) is 0 Å². The van der Waals surface area contributed by atoms with Gasteiger partial charge in [0.1, 0.15) is 12.5 Å². The molecule has 0 amide bonds. The largest absolute Gasteiger partial charge is 0.455 e. The first-order chi connectivity index (χ1) is 9.22. The summed E-state index contributed by atoms with van der Waals surface area (Å²) in [5.74, 6) is 0. The number of nitrogens with one attached hydrogen (secondary N) is 1. The van der Waals surface area contributed by atoms with Gasteiger partial charge in [0.15, 0.2) is 0 Å². The summed E-state index contributed by atoms with van der Waals surface area (Å²) in [6.45, 7) is 6.50. The van der Waals surface area contributed by atoms with Crippen LogP contribution in [0.25, 0.3) is 0 Å². The molecule has 0 spiro atoms. The Kier molecular flexibility index (Phi) is 3.34. The molecular weight excluding hydrogens is 240 g/mol. The van der Waals surface area contributed by atoms with Gasteiger partial charge in [-0.1, -0.05) is 12.1 Å². The lowest BCUT2D eigenvalue weighted by Crippen LogP contribution is -2.54. The fourth-order valence-corrected chi connectivity index (χ4v) is 2.80. The third kappa shape index (κ3) is 2.68. The molecule has 1 fully saturated rings. The third-order valence-corrected chi connectivity index (χ3v) is 3.52. The molecule has 19 heavy (non-hydrogen) atoms. The van der Waals surface area contributed by atoms with E-state index in [2.05, 4.69) is 42.3 Å². The van der Waals surface area contributed by atoms with Crippen LogP contribution in [0, 0.1) is 0 Å². The van der Waals surface area contributed by atoms with E-state index in [4.69, 9.17) is 9.47 Å². The van der Waals surface area contributed by atoms with Gasteiger partial charge in [-0.3, -0.25) is 0 Å². The van der Waals surface area contributed by atoms with E-state index >= 15 is 0 Å².